The summed E-state index contributed by atoms with van der Waals surface area (Å²) in [5.74, 6) is 0. The van der Waals surface area contributed by atoms with E-state index in [1.54, 1.807) is 0 Å². The molecule has 0 aliphatic carbocycles. The second-order valence-corrected chi connectivity index (χ2v) is 2.85. The Bertz CT molecular complexity index is 241. The van der Waals surface area contributed by atoms with E-state index < -0.39 is 0 Å². The summed E-state index contributed by atoms with van der Waals surface area (Å²) in [4.78, 5) is 0. The Labute approximate surface area is 86.3 Å². The summed E-state index contributed by atoms with van der Waals surface area (Å²) in [6.07, 6.45) is 1.87. The molecule has 0 amide bonds. The predicted molar refractivity (Wildman–Crippen MR) is 52.7 cm³/mol. The van der Waals surface area contributed by atoms with Gasteiger partial charge in [-0.2, -0.15) is 0 Å². The summed E-state index contributed by atoms with van der Waals surface area (Å²) in [5, 5.41) is 2.28. The Kier molecular flexibility index (Phi) is 6.29. The summed E-state index contributed by atoms with van der Waals surface area (Å²) in [5.41, 5.74) is 2.57. The zero-order chi connectivity index (χ0) is 8.81. The monoisotopic (exact) mass is 197 g/mol. The van der Waals surface area contributed by atoms with Gasteiger partial charge in [-0.1, -0.05) is 36.9 Å². The maximum absolute atomic E-state index is 3.71. The smallest absolute Gasteiger partial charge is 0.101 e. The Morgan fingerprint density at radius 1 is 1.31 bits per heavy atom. The number of benzene rings is 1. The average Bonchev–Trinajstić information content (AvgIpc) is 2.15. The molecule has 0 atom stereocenters. The minimum absolute atomic E-state index is 0. The molecule has 0 radical (unpaired) electrons. The quantitative estimate of drug-likeness (QED) is 0.600. The van der Waals surface area contributed by atoms with Gasteiger partial charge < -0.3 is 17.7 Å². The Morgan fingerprint density at radius 2 is 1.92 bits per heavy atom. The van der Waals surface area contributed by atoms with E-state index in [0.29, 0.717) is 0 Å². The number of hydrogen-bond acceptors (Lipinski definition) is 0. The van der Waals surface area contributed by atoms with E-state index in [9.17, 15) is 0 Å². The topological polar surface area (TPSA) is 16.6 Å². The first-order valence-electron chi connectivity index (χ1n) is 4.40. The standard InChI is InChI=1S/C11H15N.ClH/c1-3-10-5-7-11(8-6-10)9-12-4-2;/h3,5-8,12H,1,4,9H2,2H3;1H. The van der Waals surface area contributed by atoms with Crippen LogP contribution in [-0.2, 0) is 6.54 Å². The molecule has 0 heterocycles. The molecule has 0 fully saturated rings. The van der Waals surface area contributed by atoms with Gasteiger partial charge in [0.25, 0.3) is 0 Å². The molecule has 0 unspecified atom stereocenters. The molecule has 2 heteroatoms. The van der Waals surface area contributed by atoms with Crippen molar-refractivity contribution in [2.45, 2.75) is 13.5 Å². The number of nitrogens with two attached hydrogens (primary N) is 1. The van der Waals surface area contributed by atoms with Crippen molar-refractivity contribution in [1.29, 1.82) is 0 Å². The third-order valence-electron chi connectivity index (χ3n) is 1.88. The zero-order valence-electron chi connectivity index (χ0n) is 7.96. The minimum Gasteiger partial charge on any atom is -1.00 e. The summed E-state index contributed by atoms with van der Waals surface area (Å²) >= 11 is 0. The van der Waals surface area contributed by atoms with Crippen LogP contribution in [0, 0.1) is 0 Å². The lowest BCUT2D eigenvalue weighted by Gasteiger charge is -1.99. The van der Waals surface area contributed by atoms with E-state index in [2.05, 4.69) is 43.1 Å². The first-order valence-corrected chi connectivity index (χ1v) is 4.40. The summed E-state index contributed by atoms with van der Waals surface area (Å²) in [7, 11) is 0. The van der Waals surface area contributed by atoms with Crippen LogP contribution in [0.2, 0.25) is 0 Å². The molecule has 0 aliphatic rings. The van der Waals surface area contributed by atoms with Gasteiger partial charge in [-0.15, -0.1) is 0 Å². The second-order valence-electron chi connectivity index (χ2n) is 2.85. The molecular formula is C11H16ClN. The van der Waals surface area contributed by atoms with Crippen LogP contribution in [0.15, 0.2) is 30.8 Å². The number of quaternary nitrogens is 1. The highest BCUT2D eigenvalue weighted by Crippen LogP contribution is 2.03. The van der Waals surface area contributed by atoms with Crippen LogP contribution < -0.4 is 17.7 Å². The van der Waals surface area contributed by atoms with Gasteiger partial charge in [-0.3, -0.25) is 0 Å². The van der Waals surface area contributed by atoms with Crippen LogP contribution in [0.1, 0.15) is 18.1 Å². The van der Waals surface area contributed by atoms with E-state index in [1.165, 1.54) is 11.1 Å². The Hall–Kier alpha value is -0.790. The molecule has 13 heavy (non-hydrogen) atoms. The van der Waals surface area contributed by atoms with Crippen molar-refractivity contribution >= 4 is 6.08 Å². The van der Waals surface area contributed by atoms with Gasteiger partial charge in [0.05, 0.1) is 6.54 Å². The third kappa shape index (κ3) is 4.11. The van der Waals surface area contributed by atoms with E-state index in [-0.39, 0.29) is 12.4 Å². The van der Waals surface area contributed by atoms with Crippen LogP contribution in [0.25, 0.3) is 6.08 Å². The molecule has 0 saturated carbocycles. The van der Waals surface area contributed by atoms with Crippen molar-refractivity contribution in [3.05, 3.63) is 42.0 Å². The Balaban J connectivity index is 0.00000144. The highest BCUT2D eigenvalue weighted by Gasteiger charge is 1.92. The van der Waals surface area contributed by atoms with Gasteiger partial charge in [-0.05, 0) is 12.5 Å². The highest BCUT2D eigenvalue weighted by atomic mass is 35.5. The number of halogens is 1. The first kappa shape index (κ1) is 12.2. The molecule has 2 N–H and O–H groups in total. The molecule has 0 saturated heterocycles. The normalized spacial score (nSPS) is 9.00. The molecule has 1 aromatic carbocycles. The van der Waals surface area contributed by atoms with Gasteiger partial charge in [0.15, 0.2) is 0 Å². The lowest BCUT2D eigenvalue weighted by Crippen LogP contribution is -3.00. The highest BCUT2D eigenvalue weighted by molar-refractivity contribution is 5.46. The molecule has 0 aliphatic heterocycles. The van der Waals surface area contributed by atoms with Crippen molar-refractivity contribution in [3.63, 3.8) is 0 Å². The predicted octanol–water partition coefficient (Wildman–Crippen LogP) is -1.58. The van der Waals surface area contributed by atoms with Crippen LogP contribution in [0.4, 0.5) is 0 Å². The van der Waals surface area contributed by atoms with Gasteiger partial charge in [-0.25, -0.2) is 0 Å². The number of hydrogen-bond donors (Lipinski definition) is 1. The van der Waals surface area contributed by atoms with Gasteiger partial charge in [0.1, 0.15) is 6.54 Å². The van der Waals surface area contributed by atoms with Crippen molar-refractivity contribution in [3.8, 4) is 0 Å². The second kappa shape index (κ2) is 6.70. The van der Waals surface area contributed by atoms with E-state index in [1.807, 2.05) is 6.08 Å². The summed E-state index contributed by atoms with van der Waals surface area (Å²) in [6, 6.07) is 8.52. The molecule has 1 nitrogen and oxygen atoms in total. The first-order chi connectivity index (χ1) is 5.86. The average molecular weight is 198 g/mol. The molecule has 72 valence electrons. The summed E-state index contributed by atoms with van der Waals surface area (Å²) in [6.45, 7) is 8.10. The largest absolute Gasteiger partial charge is 1.00 e. The van der Waals surface area contributed by atoms with E-state index in [4.69, 9.17) is 0 Å². The fourth-order valence-electron chi connectivity index (χ4n) is 1.10. The zero-order valence-corrected chi connectivity index (χ0v) is 8.72. The van der Waals surface area contributed by atoms with Crippen LogP contribution >= 0.6 is 0 Å². The van der Waals surface area contributed by atoms with Crippen LogP contribution in [-0.4, -0.2) is 6.54 Å². The lowest BCUT2D eigenvalue weighted by molar-refractivity contribution is -0.667. The van der Waals surface area contributed by atoms with Crippen molar-refractivity contribution < 1.29 is 17.7 Å². The van der Waals surface area contributed by atoms with E-state index in [0.717, 1.165) is 13.1 Å². The fourth-order valence-corrected chi connectivity index (χ4v) is 1.10. The molecule has 1 aromatic rings. The molecule has 1 rings (SSSR count). The van der Waals surface area contributed by atoms with Crippen LogP contribution in [0.3, 0.4) is 0 Å². The molecule has 0 bridgehead atoms. The molecule has 0 aromatic heterocycles. The lowest BCUT2D eigenvalue weighted by atomic mass is 10.1. The molecular weight excluding hydrogens is 182 g/mol. The molecule has 0 spiro atoms. The van der Waals surface area contributed by atoms with Gasteiger partial charge >= 0.3 is 0 Å². The van der Waals surface area contributed by atoms with Crippen molar-refractivity contribution in [1.82, 2.24) is 0 Å². The van der Waals surface area contributed by atoms with Crippen LogP contribution in [0.5, 0.6) is 0 Å². The fraction of sp³-hybridized carbons (Fsp3) is 0.273. The SMILES string of the molecule is C=Cc1ccc(C[NH2+]CC)cc1.[Cl-]. The maximum Gasteiger partial charge on any atom is 0.101 e. The van der Waals surface area contributed by atoms with Crippen molar-refractivity contribution in [2.75, 3.05) is 6.54 Å². The Morgan fingerprint density at radius 3 is 2.38 bits per heavy atom. The third-order valence-corrected chi connectivity index (χ3v) is 1.88. The van der Waals surface area contributed by atoms with E-state index >= 15 is 0 Å². The number of rotatable bonds is 4. The summed E-state index contributed by atoms with van der Waals surface area (Å²) < 4.78 is 0. The minimum atomic E-state index is 0. The van der Waals surface area contributed by atoms with Gasteiger partial charge in [0, 0.05) is 5.56 Å². The maximum atomic E-state index is 3.71. The van der Waals surface area contributed by atoms with Crippen molar-refractivity contribution in [2.24, 2.45) is 0 Å². The van der Waals surface area contributed by atoms with Gasteiger partial charge in [0.2, 0.25) is 0 Å².